The van der Waals surface area contributed by atoms with Gasteiger partial charge < -0.3 is 9.47 Å². The highest BCUT2D eigenvalue weighted by Gasteiger charge is 2.11. The van der Waals surface area contributed by atoms with Crippen molar-refractivity contribution in [2.24, 2.45) is 7.05 Å². The van der Waals surface area contributed by atoms with Gasteiger partial charge in [0.05, 0.1) is 25.5 Å². The number of benzene rings is 1. The van der Waals surface area contributed by atoms with E-state index in [0.29, 0.717) is 17.1 Å². The highest BCUT2D eigenvalue weighted by Crippen LogP contribution is 2.24. The molecule has 0 fully saturated rings. The number of aromatic nitrogens is 2. The fourth-order valence-electron chi connectivity index (χ4n) is 1.78. The molecule has 0 spiro atoms. The van der Waals surface area contributed by atoms with E-state index in [0.717, 1.165) is 5.69 Å². The third kappa shape index (κ3) is 3.06. The second kappa shape index (κ2) is 6.06. The molecule has 5 heteroatoms. The third-order valence-corrected chi connectivity index (χ3v) is 2.81. The van der Waals surface area contributed by atoms with E-state index >= 15 is 0 Å². The predicted octanol–water partition coefficient (Wildman–Crippen LogP) is 2.33. The molecule has 0 saturated heterocycles. The van der Waals surface area contributed by atoms with Crippen LogP contribution >= 0.6 is 0 Å². The second-order valence-electron chi connectivity index (χ2n) is 4.18. The third-order valence-electron chi connectivity index (χ3n) is 2.81. The topological polar surface area (TPSA) is 53.4 Å². The van der Waals surface area contributed by atoms with Crippen LogP contribution in [0.3, 0.4) is 0 Å². The quantitative estimate of drug-likeness (QED) is 0.619. The summed E-state index contributed by atoms with van der Waals surface area (Å²) in [5.41, 5.74) is 1.18. The fourth-order valence-corrected chi connectivity index (χ4v) is 1.78. The van der Waals surface area contributed by atoms with Gasteiger partial charge in [-0.25, -0.2) is 0 Å². The van der Waals surface area contributed by atoms with Gasteiger partial charge in [0.1, 0.15) is 11.5 Å². The lowest BCUT2D eigenvalue weighted by molar-refractivity contribution is 0.104. The van der Waals surface area contributed by atoms with E-state index in [1.807, 2.05) is 19.3 Å². The van der Waals surface area contributed by atoms with Gasteiger partial charge in [-0.3, -0.25) is 9.48 Å². The number of allylic oxidation sites excluding steroid dienone is 1. The molecule has 0 atom stereocenters. The van der Waals surface area contributed by atoms with Gasteiger partial charge in [-0.2, -0.15) is 5.10 Å². The summed E-state index contributed by atoms with van der Waals surface area (Å²) in [6, 6.07) is 6.94. The number of carbonyl (C=O) groups excluding carboxylic acids is 1. The Morgan fingerprint density at radius 3 is 2.65 bits per heavy atom. The van der Waals surface area contributed by atoms with Crippen LogP contribution < -0.4 is 9.47 Å². The highest BCUT2D eigenvalue weighted by molar-refractivity contribution is 6.08. The lowest BCUT2D eigenvalue weighted by Gasteiger charge is -2.07. The number of ether oxygens (including phenoxy) is 2. The summed E-state index contributed by atoms with van der Waals surface area (Å²) in [6.07, 6.45) is 4.96. The van der Waals surface area contributed by atoms with Crippen molar-refractivity contribution in [2.45, 2.75) is 0 Å². The summed E-state index contributed by atoms with van der Waals surface area (Å²) in [6.45, 7) is 0. The predicted molar refractivity (Wildman–Crippen MR) is 76.1 cm³/mol. The largest absolute Gasteiger partial charge is 0.497 e. The number of hydrogen-bond acceptors (Lipinski definition) is 4. The molecule has 0 radical (unpaired) electrons. The summed E-state index contributed by atoms with van der Waals surface area (Å²) in [5.74, 6) is 0.966. The number of aryl methyl sites for hydroxylation is 1. The SMILES string of the molecule is COc1ccc(OC)c(C(=O)/C=C/c2ccn(C)n2)c1. The average molecular weight is 272 g/mol. The number of rotatable bonds is 5. The molecular weight excluding hydrogens is 256 g/mol. The van der Waals surface area contributed by atoms with Crippen LogP contribution in [0.1, 0.15) is 16.1 Å². The van der Waals surface area contributed by atoms with Crippen LogP contribution in [-0.2, 0) is 7.05 Å². The van der Waals surface area contributed by atoms with Crippen molar-refractivity contribution in [2.75, 3.05) is 14.2 Å². The maximum absolute atomic E-state index is 12.2. The highest BCUT2D eigenvalue weighted by atomic mass is 16.5. The smallest absolute Gasteiger partial charge is 0.189 e. The van der Waals surface area contributed by atoms with Gasteiger partial charge in [0.15, 0.2) is 5.78 Å². The molecule has 2 aromatic rings. The molecule has 20 heavy (non-hydrogen) atoms. The number of ketones is 1. The fraction of sp³-hybridized carbons (Fsp3) is 0.200. The van der Waals surface area contributed by atoms with Crippen LogP contribution in [0, 0.1) is 0 Å². The van der Waals surface area contributed by atoms with Crippen LogP contribution in [0.4, 0.5) is 0 Å². The monoisotopic (exact) mass is 272 g/mol. The first-order valence-electron chi connectivity index (χ1n) is 6.08. The number of carbonyl (C=O) groups is 1. The maximum Gasteiger partial charge on any atom is 0.189 e. The van der Waals surface area contributed by atoms with Crippen molar-refractivity contribution in [1.82, 2.24) is 9.78 Å². The maximum atomic E-state index is 12.2. The van der Waals surface area contributed by atoms with Gasteiger partial charge in [0.25, 0.3) is 0 Å². The zero-order chi connectivity index (χ0) is 14.5. The lowest BCUT2D eigenvalue weighted by Crippen LogP contribution is -2.00. The van der Waals surface area contributed by atoms with Gasteiger partial charge in [-0.05, 0) is 36.4 Å². The number of nitrogens with zero attached hydrogens (tertiary/aromatic N) is 2. The lowest BCUT2D eigenvalue weighted by atomic mass is 10.1. The minimum absolute atomic E-state index is 0.161. The molecule has 0 amide bonds. The van der Waals surface area contributed by atoms with Crippen molar-refractivity contribution >= 4 is 11.9 Å². The molecule has 0 bridgehead atoms. The van der Waals surface area contributed by atoms with Crippen molar-refractivity contribution in [3.8, 4) is 11.5 Å². The standard InChI is InChI=1S/C15H16N2O3/c1-17-9-8-11(16-17)4-6-14(18)13-10-12(19-2)5-7-15(13)20-3/h4-10H,1-3H3/b6-4+. The van der Waals surface area contributed by atoms with Crippen LogP contribution in [0.15, 0.2) is 36.5 Å². The summed E-state index contributed by atoms with van der Waals surface area (Å²) < 4.78 is 12.0. The van der Waals surface area contributed by atoms with E-state index in [4.69, 9.17) is 9.47 Å². The number of hydrogen-bond donors (Lipinski definition) is 0. The summed E-state index contributed by atoms with van der Waals surface area (Å²) >= 11 is 0. The molecule has 104 valence electrons. The Labute approximate surface area is 117 Å². The van der Waals surface area contributed by atoms with Crippen LogP contribution in [0.2, 0.25) is 0 Å². The van der Waals surface area contributed by atoms with Crippen molar-refractivity contribution in [3.05, 3.63) is 47.8 Å². The van der Waals surface area contributed by atoms with E-state index in [1.54, 1.807) is 36.1 Å². The minimum Gasteiger partial charge on any atom is -0.497 e. The summed E-state index contributed by atoms with van der Waals surface area (Å²) in [7, 11) is 4.91. The van der Waals surface area contributed by atoms with Crippen molar-refractivity contribution < 1.29 is 14.3 Å². The van der Waals surface area contributed by atoms with E-state index < -0.39 is 0 Å². The molecule has 0 saturated carbocycles. The van der Waals surface area contributed by atoms with Crippen LogP contribution in [0.25, 0.3) is 6.08 Å². The van der Waals surface area contributed by atoms with E-state index in [2.05, 4.69) is 5.10 Å². The number of methoxy groups -OCH3 is 2. The van der Waals surface area contributed by atoms with E-state index in [9.17, 15) is 4.79 Å². The van der Waals surface area contributed by atoms with Gasteiger partial charge in [-0.1, -0.05) is 0 Å². The van der Waals surface area contributed by atoms with Gasteiger partial charge in [-0.15, -0.1) is 0 Å². The van der Waals surface area contributed by atoms with Gasteiger partial charge in [0.2, 0.25) is 0 Å². The molecule has 0 aliphatic carbocycles. The Kier molecular flexibility index (Phi) is 4.20. The average Bonchev–Trinajstić information content (AvgIpc) is 2.89. The zero-order valence-electron chi connectivity index (χ0n) is 11.7. The molecule has 0 N–H and O–H groups in total. The summed E-state index contributed by atoms with van der Waals surface area (Å²) in [4.78, 5) is 12.2. The molecule has 0 unspecified atom stereocenters. The molecule has 1 heterocycles. The minimum atomic E-state index is -0.161. The normalized spacial score (nSPS) is 10.8. The first kappa shape index (κ1) is 13.9. The molecule has 5 nitrogen and oxygen atoms in total. The van der Waals surface area contributed by atoms with E-state index in [1.165, 1.54) is 13.2 Å². The Hall–Kier alpha value is -2.56. The van der Waals surface area contributed by atoms with Crippen LogP contribution in [-0.4, -0.2) is 29.8 Å². The first-order valence-corrected chi connectivity index (χ1v) is 6.08. The Morgan fingerprint density at radius 1 is 1.25 bits per heavy atom. The van der Waals surface area contributed by atoms with Gasteiger partial charge >= 0.3 is 0 Å². The molecular formula is C15H16N2O3. The molecule has 1 aromatic carbocycles. The Morgan fingerprint density at radius 2 is 2.05 bits per heavy atom. The summed E-state index contributed by atoms with van der Waals surface area (Å²) in [5, 5.41) is 4.17. The first-order chi connectivity index (χ1) is 9.63. The molecule has 2 rings (SSSR count). The zero-order valence-corrected chi connectivity index (χ0v) is 11.7. The Bertz CT molecular complexity index is 644. The molecule has 1 aromatic heterocycles. The van der Waals surface area contributed by atoms with E-state index in [-0.39, 0.29) is 5.78 Å². The molecule has 0 aliphatic heterocycles. The van der Waals surface area contributed by atoms with Crippen molar-refractivity contribution in [1.29, 1.82) is 0 Å². The Balaban J connectivity index is 2.26. The second-order valence-corrected chi connectivity index (χ2v) is 4.18. The van der Waals surface area contributed by atoms with Crippen molar-refractivity contribution in [3.63, 3.8) is 0 Å². The van der Waals surface area contributed by atoms with Crippen LogP contribution in [0.5, 0.6) is 11.5 Å². The van der Waals surface area contributed by atoms with Gasteiger partial charge in [0, 0.05) is 13.2 Å². The molecule has 0 aliphatic rings.